The fraction of sp³-hybridized carbons (Fsp3) is 0.696. The first-order valence-corrected chi connectivity index (χ1v) is 11.5. The highest BCUT2D eigenvalue weighted by molar-refractivity contribution is 5.79. The van der Waals surface area contributed by atoms with E-state index in [1.807, 2.05) is 4.90 Å². The third kappa shape index (κ3) is 5.27. The Kier molecular flexibility index (Phi) is 6.65. The number of rotatable bonds is 7. The SMILES string of the molecule is Nc1ccc(N2CCN(CCCCNC(=O)[C@@H]3CC4CCC3C4)CC2)cc1C(F)(F)F. The largest absolute Gasteiger partial charge is 0.418 e. The van der Waals surface area contributed by atoms with Gasteiger partial charge in [-0.2, -0.15) is 13.2 Å². The average Bonchev–Trinajstić information content (AvgIpc) is 3.37. The van der Waals surface area contributed by atoms with Gasteiger partial charge >= 0.3 is 6.18 Å². The van der Waals surface area contributed by atoms with Gasteiger partial charge in [0, 0.05) is 50.0 Å². The predicted octanol–water partition coefficient (Wildman–Crippen LogP) is 3.74. The lowest BCUT2D eigenvalue weighted by atomic mass is 9.88. The zero-order chi connectivity index (χ0) is 22.0. The molecule has 8 heteroatoms. The number of hydrogen-bond acceptors (Lipinski definition) is 4. The normalized spacial score (nSPS) is 26.4. The first kappa shape index (κ1) is 22.2. The maximum absolute atomic E-state index is 13.1. The van der Waals surface area contributed by atoms with Crippen LogP contribution in [0.15, 0.2) is 18.2 Å². The number of piperazine rings is 1. The number of nitrogen functional groups attached to an aromatic ring is 1. The molecule has 0 spiro atoms. The van der Waals surface area contributed by atoms with E-state index in [-0.39, 0.29) is 17.5 Å². The zero-order valence-electron chi connectivity index (χ0n) is 18.0. The van der Waals surface area contributed by atoms with Gasteiger partial charge in [0.05, 0.1) is 5.56 Å². The number of carbonyl (C=O) groups is 1. The molecule has 172 valence electrons. The van der Waals surface area contributed by atoms with Crippen LogP contribution in [0.2, 0.25) is 0 Å². The molecule has 3 N–H and O–H groups in total. The monoisotopic (exact) mass is 438 g/mol. The highest BCUT2D eigenvalue weighted by atomic mass is 19.4. The first-order valence-electron chi connectivity index (χ1n) is 11.5. The molecule has 1 aliphatic heterocycles. The van der Waals surface area contributed by atoms with E-state index in [0.717, 1.165) is 57.4 Å². The summed E-state index contributed by atoms with van der Waals surface area (Å²) in [6, 6.07) is 4.17. The van der Waals surface area contributed by atoms with Crippen molar-refractivity contribution in [1.29, 1.82) is 0 Å². The van der Waals surface area contributed by atoms with Gasteiger partial charge in [0.1, 0.15) is 0 Å². The number of nitrogens with one attached hydrogen (secondary N) is 1. The van der Waals surface area contributed by atoms with Crippen molar-refractivity contribution < 1.29 is 18.0 Å². The van der Waals surface area contributed by atoms with Crippen LogP contribution in [0.4, 0.5) is 24.5 Å². The number of unbranched alkanes of at least 4 members (excludes halogenated alkanes) is 1. The molecular weight excluding hydrogens is 405 g/mol. The van der Waals surface area contributed by atoms with Gasteiger partial charge in [0.25, 0.3) is 0 Å². The summed E-state index contributed by atoms with van der Waals surface area (Å²) >= 11 is 0. The summed E-state index contributed by atoms with van der Waals surface area (Å²) in [5.41, 5.74) is 5.08. The molecule has 2 unspecified atom stereocenters. The van der Waals surface area contributed by atoms with Crippen LogP contribution < -0.4 is 16.0 Å². The van der Waals surface area contributed by atoms with Crippen LogP contribution in [0, 0.1) is 17.8 Å². The predicted molar refractivity (Wildman–Crippen MR) is 116 cm³/mol. The van der Waals surface area contributed by atoms with Crippen molar-refractivity contribution in [1.82, 2.24) is 10.2 Å². The molecule has 1 aromatic rings. The minimum Gasteiger partial charge on any atom is -0.398 e. The van der Waals surface area contributed by atoms with Crippen LogP contribution >= 0.6 is 0 Å². The topological polar surface area (TPSA) is 61.6 Å². The molecular formula is C23H33F3N4O. The van der Waals surface area contributed by atoms with Gasteiger partial charge < -0.3 is 16.0 Å². The second-order valence-electron chi connectivity index (χ2n) is 9.38. The molecule has 1 aromatic carbocycles. The van der Waals surface area contributed by atoms with E-state index in [9.17, 15) is 18.0 Å². The fourth-order valence-corrected chi connectivity index (χ4v) is 5.59. The second-order valence-corrected chi connectivity index (χ2v) is 9.38. The van der Waals surface area contributed by atoms with E-state index in [2.05, 4.69) is 10.2 Å². The number of anilines is 2. The van der Waals surface area contributed by atoms with Crippen molar-refractivity contribution in [3.05, 3.63) is 23.8 Å². The molecule has 31 heavy (non-hydrogen) atoms. The van der Waals surface area contributed by atoms with Gasteiger partial charge in [-0.05, 0) is 68.7 Å². The summed E-state index contributed by atoms with van der Waals surface area (Å²) in [4.78, 5) is 16.7. The van der Waals surface area contributed by atoms with Crippen molar-refractivity contribution in [3.63, 3.8) is 0 Å². The van der Waals surface area contributed by atoms with Crippen LogP contribution in [0.1, 0.15) is 44.1 Å². The molecule has 2 bridgehead atoms. The molecule has 0 radical (unpaired) electrons. The Morgan fingerprint density at radius 1 is 1.10 bits per heavy atom. The zero-order valence-corrected chi connectivity index (χ0v) is 18.0. The minimum atomic E-state index is -4.44. The fourth-order valence-electron chi connectivity index (χ4n) is 5.59. The lowest BCUT2D eigenvalue weighted by molar-refractivity contribution is -0.136. The molecule has 1 amide bonds. The summed E-state index contributed by atoms with van der Waals surface area (Å²) in [5, 5.41) is 3.13. The third-order valence-electron chi connectivity index (χ3n) is 7.35. The van der Waals surface area contributed by atoms with Gasteiger partial charge in [0.2, 0.25) is 5.91 Å². The van der Waals surface area contributed by atoms with E-state index < -0.39 is 11.7 Å². The molecule has 1 heterocycles. The molecule has 4 rings (SSSR count). The standard InChI is InChI=1S/C23H33F3N4O/c24-23(25,26)20-15-18(5-6-21(20)27)30-11-9-29(10-12-30)8-2-1-7-28-22(31)19-14-16-3-4-17(19)13-16/h5-6,15-17,19H,1-4,7-14,27H2,(H,28,31)/t16?,17?,19-/m1/s1. The van der Waals surface area contributed by atoms with E-state index in [0.29, 0.717) is 24.7 Å². The number of fused-ring (bicyclic) bond motifs is 2. The maximum atomic E-state index is 13.1. The Bertz CT molecular complexity index is 777. The molecule has 3 fully saturated rings. The highest BCUT2D eigenvalue weighted by Crippen LogP contribution is 2.48. The van der Waals surface area contributed by atoms with Crippen LogP contribution in [-0.2, 0) is 11.0 Å². The van der Waals surface area contributed by atoms with Crippen LogP contribution in [0.3, 0.4) is 0 Å². The van der Waals surface area contributed by atoms with Crippen molar-refractivity contribution in [3.8, 4) is 0 Å². The van der Waals surface area contributed by atoms with E-state index >= 15 is 0 Å². The van der Waals surface area contributed by atoms with Crippen molar-refractivity contribution in [2.75, 3.05) is 49.9 Å². The smallest absolute Gasteiger partial charge is 0.398 e. The summed E-state index contributed by atoms with van der Waals surface area (Å²) < 4.78 is 39.3. The Hall–Kier alpha value is -1.96. The number of halogens is 3. The Morgan fingerprint density at radius 2 is 1.87 bits per heavy atom. The quantitative estimate of drug-likeness (QED) is 0.503. The average molecular weight is 439 g/mol. The molecule has 3 aliphatic rings. The molecule has 1 saturated heterocycles. The number of nitrogens with zero attached hydrogens (tertiary/aromatic N) is 2. The summed E-state index contributed by atoms with van der Waals surface area (Å²) in [6.45, 7) is 4.72. The molecule has 5 nitrogen and oxygen atoms in total. The molecule has 0 aromatic heterocycles. The van der Waals surface area contributed by atoms with Gasteiger partial charge in [-0.25, -0.2) is 0 Å². The van der Waals surface area contributed by atoms with Gasteiger partial charge in [-0.3, -0.25) is 9.69 Å². The number of hydrogen-bond donors (Lipinski definition) is 2. The number of amides is 1. The summed E-state index contributed by atoms with van der Waals surface area (Å²) in [5.74, 6) is 1.91. The second kappa shape index (κ2) is 9.27. The van der Waals surface area contributed by atoms with E-state index in [1.165, 1.54) is 25.3 Å². The number of benzene rings is 1. The molecule has 3 atom stereocenters. The minimum absolute atomic E-state index is 0.234. The Labute approximate surface area is 182 Å². The van der Waals surface area contributed by atoms with Crippen molar-refractivity contribution >= 4 is 17.3 Å². The maximum Gasteiger partial charge on any atom is 0.418 e. The van der Waals surface area contributed by atoms with E-state index in [4.69, 9.17) is 5.73 Å². The highest BCUT2D eigenvalue weighted by Gasteiger charge is 2.42. The first-order chi connectivity index (χ1) is 14.8. The van der Waals surface area contributed by atoms with Crippen LogP contribution in [0.5, 0.6) is 0 Å². The lowest BCUT2D eigenvalue weighted by Gasteiger charge is -2.36. The number of nitrogens with two attached hydrogens (primary N) is 1. The van der Waals surface area contributed by atoms with Crippen molar-refractivity contribution in [2.45, 2.75) is 44.7 Å². The van der Waals surface area contributed by atoms with Crippen molar-refractivity contribution in [2.24, 2.45) is 17.8 Å². The Balaban J connectivity index is 1.14. The number of alkyl halides is 3. The molecule has 2 aliphatic carbocycles. The third-order valence-corrected chi connectivity index (χ3v) is 7.35. The van der Waals surface area contributed by atoms with Gasteiger partial charge in [-0.1, -0.05) is 6.42 Å². The van der Waals surface area contributed by atoms with Gasteiger partial charge in [-0.15, -0.1) is 0 Å². The van der Waals surface area contributed by atoms with Gasteiger partial charge in [0.15, 0.2) is 0 Å². The van der Waals surface area contributed by atoms with E-state index in [1.54, 1.807) is 6.07 Å². The van der Waals surface area contributed by atoms with Crippen LogP contribution in [0.25, 0.3) is 0 Å². The molecule has 2 saturated carbocycles. The summed E-state index contributed by atoms with van der Waals surface area (Å²) in [6.07, 6.45) is 2.40. The number of carbonyl (C=O) groups excluding carboxylic acids is 1. The summed E-state index contributed by atoms with van der Waals surface area (Å²) in [7, 11) is 0. The Morgan fingerprint density at radius 3 is 2.52 bits per heavy atom. The van der Waals surface area contributed by atoms with Crippen LogP contribution in [-0.4, -0.2) is 50.1 Å². The lowest BCUT2D eigenvalue weighted by Crippen LogP contribution is -2.46.